The predicted molar refractivity (Wildman–Crippen MR) is 82.4 cm³/mol. The normalized spacial score (nSPS) is 20.0. The lowest BCUT2D eigenvalue weighted by atomic mass is 9.79. The van der Waals surface area contributed by atoms with Crippen molar-refractivity contribution in [3.8, 4) is 11.3 Å². The minimum absolute atomic E-state index is 0.321. The lowest BCUT2D eigenvalue weighted by Crippen LogP contribution is -2.41. The third-order valence-electron chi connectivity index (χ3n) is 4.34. The third kappa shape index (κ3) is 2.52. The van der Waals surface area contributed by atoms with Crippen LogP contribution in [0.4, 0.5) is 0 Å². The summed E-state index contributed by atoms with van der Waals surface area (Å²) in [5.41, 5.74) is 1.36. The van der Waals surface area contributed by atoms with Gasteiger partial charge in [-0.2, -0.15) is 0 Å². The zero-order chi connectivity index (χ0) is 15.3. The first kappa shape index (κ1) is 14.4. The highest BCUT2D eigenvalue weighted by Gasteiger charge is 2.51. The molecular formula is C16H20BNO3. The van der Waals surface area contributed by atoms with Crippen LogP contribution in [-0.4, -0.2) is 23.3 Å². The average molecular weight is 285 g/mol. The molecule has 0 saturated carbocycles. The SMILES string of the molecule is Cc1ncc(-c2ccc(B3OC(C)(C)C(C)(C)O3)cc2)o1. The van der Waals surface area contributed by atoms with Crippen LogP contribution in [-0.2, 0) is 9.31 Å². The summed E-state index contributed by atoms with van der Waals surface area (Å²) in [6.45, 7) is 10.1. The van der Waals surface area contributed by atoms with Crippen molar-refractivity contribution in [3.05, 3.63) is 36.4 Å². The van der Waals surface area contributed by atoms with Gasteiger partial charge in [-0.05, 0) is 33.2 Å². The van der Waals surface area contributed by atoms with Crippen LogP contribution in [0.1, 0.15) is 33.6 Å². The fourth-order valence-electron chi connectivity index (χ4n) is 2.28. The Morgan fingerprint density at radius 1 is 0.952 bits per heavy atom. The molecule has 1 saturated heterocycles. The van der Waals surface area contributed by atoms with Crippen molar-refractivity contribution in [1.82, 2.24) is 4.98 Å². The highest BCUT2D eigenvalue weighted by atomic mass is 16.7. The van der Waals surface area contributed by atoms with Gasteiger partial charge in [0.1, 0.15) is 0 Å². The Balaban J connectivity index is 1.83. The topological polar surface area (TPSA) is 44.5 Å². The molecule has 1 aliphatic rings. The minimum Gasteiger partial charge on any atom is -0.441 e. The summed E-state index contributed by atoms with van der Waals surface area (Å²) in [4.78, 5) is 4.11. The van der Waals surface area contributed by atoms with E-state index in [0.717, 1.165) is 16.8 Å². The van der Waals surface area contributed by atoms with Crippen LogP contribution in [0, 0.1) is 6.92 Å². The number of aromatic nitrogens is 1. The molecule has 2 heterocycles. The number of benzene rings is 1. The Morgan fingerprint density at radius 3 is 2.00 bits per heavy atom. The first-order valence-corrected chi connectivity index (χ1v) is 7.17. The second-order valence-electron chi connectivity index (χ2n) is 6.45. The second kappa shape index (κ2) is 4.72. The van der Waals surface area contributed by atoms with Gasteiger partial charge in [0.15, 0.2) is 11.7 Å². The molecule has 0 amide bonds. The molecule has 0 unspecified atom stereocenters. The quantitative estimate of drug-likeness (QED) is 0.796. The predicted octanol–water partition coefficient (Wildman–Crippen LogP) is 2.95. The van der Waals surface area contributed by atoms with Crippen molar-refractivity contribution in [3.63, 3.8) is 0 Å². The molecule has 5 heteroatoms. The van der Waals surface area contributed by atoms with Crippen molar-refractivity contribution >= 4 is 12.6 Å². The molecule has 1 aliphatic heterocycles. The van der Waals surface area contributed by atoms with Gasteiger partial charge >= 0.3 is 7.12 Å². The Morgan fingerprint density at radius 2 is 1.52 bits per heavy atom. The van der Waals surface area contributed by atoms with Gasteiger partial charge in [-0.3, -0.25) is 0 Å². The van der Waals surface area contributed by atoms with Crippen LogP contribution in [0.15, 0.2) is 34.9 Å². The molecule has 0 radical (unpaired) electrons. The monoisotopic (exact) mass is 285 g/mol. The van der Waals surface area contributed by atoms with Crippen molar-refractivity contribution in [2.75, 3.05) is 0 Å². The number of hydrogen-bond acceptors (Lipinski definition) is 4. The molecule has 0 atom stereocenters. The first-order valence-electron chi connectivity index (χ1n) is 7.17. The van der Waals surface area contributed by atoms with E-state index in [9.17, 15) is 0 Å². The second-order valence-corrected chi connectivity index (χ2v) is 6.45. The summed E-state index contributed by atoms with van der Waals surface area (Å²) in [7, 11) is -0.333. The molecule has 3 rings (SSSR count). The van der Waals surface area contributed by atoms with Crippen LogP contribution in [0.3, 0.4) is 0 Å². The van der Waals surface area contributed by atoms with Gasteiger partial charge in [-0.25, -0.2) is 4.98 Å². The van der Waals surface area contributed by atoms with Crippen LogP contribution < -0.4 is 5.46 Å². The van der Waals surface area contributed by atoms with Crippen molar-refractivity contribution in [1.29, 1.82) is 0 Å². The molecule has 4 nitrogen and oxygen atoms in total. The first-order chi connectivity index (χ1) is 9.78. The number of oxazole rings is 1. The summed E-state index contributed by atoms with van der Waals surface area (Å²) < 4.78 is 17.6. The largest absolute Gasteiger partial charge is 0.494 e. The zero-order valence-electron chi connectivity index (χ0n) is 13.1. The van der Waals surface area contributed by atoms with E-state index in [2.05, 4.69) is 32.7 Å². The summed E-state index contributed by atoms with van der Waals surface area (Å²) in [6.07, 6.45) is 1.74. The van der Waals surface area contributed by atoms with Gasteiger partial charge in [0.05, 0.1) is 17.4 Å². The third-order valence-corrected chi connectivity index (χ3v) is 4.34. The lowest BCUT2D eigenvalue weighted by molar-refractivity contribution is 0.00578. The van der Waals surface area contributed by atoms with E-state index < -0.39 is 0 Å². The van der Waals surface area contributed by atoms with Crippen LogP contribution in [0.5, 0.6) is 0 Å². The van der Waals surface area contributed by atoms with Gasteiger partial charge in [0.25, 0.3) is 0 Å². The van der Waals surface area contributed by atoms with Gasteiger partial charge in [-0.1, -0.05) is 24.3 Å². The smallest absolute Gasteiger partial charge is 0.441 e. The number of rotatable bonds is 2. The maximum absolute atomic E-state index is 6.04. The van der Waals surface area contributed by atoms with Crippen molar-refractivity contribution in [2.24, 2.45) is 0 Å². The molecule has 1 aromatic carbocycles. The van der Waals surface area contributed by atoms with E-state index in [1.165, 1.54) is 0 Å². The molecule has 0 aliphatic carbocycles. The summed E-state index contributed by atoms with van der Waals surface area (Å²) in [6, 6.07) is 8.02. The fourth-order valence-corrected chi connectivity index (χ4v) is 2.28. The molecule has 21 heavy (non-hydrogen) atoms. The number of nitrogens with zero attached hydrogens (tertiary/aromatic N) is 1. The Hall–Kier alpha value is -1.59. The van der Waals surface area contributed by atoms with Gasteiger partial charge < -0.3 is 13.7 Å². The Kier molecular flexibility index (Phi) is 3.22. The molecule has 0 spiro atoms. The highest BCUT2D eigenvalue weighted by Crippen LogP contribution is 2.36. The van der Waals surface area contributed by atoms with E-state index in [4.69, 9.17) is 13.7 Å². The molecule has 0 N–H and O–H groups in total. The Bertz CT molecular complexity index is 630. The maximum atomic E-state index is 6.04. The van der Waals surface area contributed by atoms with E-state index >= 15 is 0 Å². The number of hydrogen-bond donors (Lipinski definition) is 0. The van der Waals surface area contributed by atoms with Gasteiger partial charge in [0.2, 0.25) is 0 Å². The molecular weight excluding hydrogens is 265 g/mol. The molecule has 1 fully saturated rings. The Labute approximate surface area is 125 Å². The van der Waals surface area contributed by atoms with E-state index in [1.807, 2.05) is 31.2 Å². The van der Waals surface area contributed by atoms with Crippen LogP contribution >= 0.6 is 0 Å². The van der Waals surface area contributed by atoms with Gasteiger partial charge in [-0.15, -0.1) is 0 Å². The molecule has 0 bridgehead atoms. The lowest BCUT2D eigenvalue weighted by Gasteiger charge is -2.32. The highest BCUT2D eigenvalue weighted by molar-refractivity contribution is 6.62. The molecule has 1 aromatic heterocycles. The molecule has 110 valence electrons. The standard InChI is InChI=1S/C16H20BNO3/c1-11-18-10-14(19-11)12-6-8-13(9-7-12)17-20-15(2,3)16(4,5)21-17/h6-10H,1-5H3. The maximum Gasteiger partial charge on any atom is 0.494 e. The van der Waals surface area contributed by atoms with Crippen molar-refractivity contribution < 1.29 is 13.7 Å². The summed E-state index contributed by atoms with van der Waals surface area (Å²) in [5, 5.41) is 0. The fraction of sp³-hybridized carbons (Fsp3) is 0.438. The van der Waals surface area contributed by atoms with Crippen LogP contribution in [0.25, 0.3) is 11.3 Å². The zero-order valence-corrected chi connectivity index (χ0v) is 13.1. The minimum atomic E-state index is -0.333. The van der Waals surface area contributed by atoms with Crippen LogP contribution in [0.2, 0.25) is 0 Å². The number of aryl methyl sites for hydroxylation is 1. The van der Waals surface area contributed by atoms with E-state index in [0.29, 0.717) is 5.89 Å². The molecule has 2 aromatic rings. The van der Waals surface area contributed by atoms with E-state index in [-0.39, 0.29) is 18.3 Å². The van der Waals surface area contributed by atoms with Gasteiger partial charge in [0, 0.05) is 12.5 Å². The van der Waals surface area contributed by atoms with E-state index in [1.54, 1.807) is 6.20 Å². The average Bonchev–Trinajstić information content (AvgIpc) is 2.92. The summed E-state index contributed by atoms with van der Waals surface area (Å²) >= 11 is 0. The van der Waals surface area contributed by atoms with Crippen molar-refractivity contribution in [2.45, 2.75) is 45.8 Å². The summed E-state index contributed by atoms with van der Waals surface area (Å²) in [5.74, 6) is 1.44.